The Balaban J connectivity index is 2.71. The van der Waals surface area contributed by atoms with E-state index in [0.29, 0.717) is 5.92 Å². The minimum absolute atomic E-state index is 0.0607. The summed E-state index contributed by atoms with van der Waals surface area (Å²) < 4.78 is 14.0. The monoisotopic (exact) mass is 265 g/mol. The first-order chi connectivity index (χ1) is 9.19. The fourth-order valence-electron chi connectivity index (χ4n) is 2.68. The fourth-order valence-corrected chi connectivity index (χ4v) is 2.68. The van der Waals surface area contributed by atoms with E-state index in [1.165, 1.54) is 12.8 Å². The lowest BCUT2D eigenvalue weighted by Crippen LogP contribution is -2.24. The lowest BCUT2D eigenvalue weighted by Gasteiger charge is -2.22. The van der Waals surface area contributed by atoms with Crippen molar-refractivity contribution in [1.82, 2.24) is 5.32 Å². The summed E-state index contributed by atoms with van der Waals surface area (Å²) in [6.07, 6.45) is 4.60. The lowest BCUT2D eigenvalue weighted by atomic mass is 9.87. The normalized spacial score (nSPS) is 14.3. The Morgan fingerprint density at radius 1 is 1.16 bits per heavy atom. The first-order valence-electron chi connectivity index (χ1n) is 7.64. The van der Waals surface area contributed by atoms with Crippen LogP contribution in [0.2, 0.25) is 0 Å². The highest BCUT2D eigenvalue weighted by molar-refractivity contribution is 5.22. The second-order valence-electron chi connectivity index (χ2n) is 5.55. The Bertz CT molecular complexity index is 351. The standard InChI is InChI=1S/C17H28FN/c1-4-8-14(3)12-15(13-19-11-5-2)16-9-6-7-10-17(16)18/h6-7,9-10,14-15,19H,4-5,8,11-13H2,1-3H3. The summed E-state index contributed by atoms with van der Waals surface area (Å²) in [6.45, 7) is 8.53. The van der Waals surface area contributed by atoms with Crippen LogP contribution in [0.4, 0.5) is 4.39 Å². The molecule has 1 nitrogen and oxygen atoms in total. The van der Waals surface area contributed by atoms with Gasteiger partial charge in [-0.05, 0) is 42.9 Å². The minimum Gasteiger partial charge on any atom is -0.316 e. The molecule has 0 saturated heterocycles. The molecule has 0 aliphatic heterocycles. The molecule has 0 spiro atoms. The maximum absolute atomic E-state index is 14.0. The van der Waals surface area contributed by atoms with Crippen molar-refractivity contribution in [3.63, 3.8) is 0 Å². The number of nitrogens with one attached hydrogen (secondary N) is 1. The zero-order chi connectivity index (χ0) is 14.1. The number of halogens is 1. The number of benzene rings is 1. The van der Waals surface area contributed by atoms with Crippen LogP contribution in [0.1, 0.15) is 57.9 Å². The Morgan fingerprint density at radius 2 is 1.89 bits per heavy atom. The van der Waals surface area contributed by atoms with Crippen molar-refractivity contribution in [2.45, 2.75) is 52.4 Å². The van der Waals surface area contributed by atoms with Gasteiger partial charge in [-0.3, -0.25) is 0 Å². The first-order valence-corrected chi connectivity index (χ1v) is 7.64. The summed E-state index contributed by atoms with van der Waals surface area (Å²) in [6, 6.07) is 7.22. The smallest absolute Gasteiger partial charge is 0.126 e. The van der Waals surface area contributed by atoms with Crippen LogP contribution in [0.15, 0.2) is 24.3 Å². The van der Waals surface area contributed by atoms with Gasteiger partial charge in [-0.25, -0.2) is 4.39 Å². The molecule has 1 N–H and O–H groups in total. The van der Waals surface area contributed by atoms with Crippen molar-refractivity contribution < 1.29 is 4.39 Å². The Hall–Kier alpha value is -0.890. The van der Waals surface area contributed by atoms with Gasteiger partial charge < -0.3 is 5.32 Å². The molecular weight excluding hydrogens is 237 g/mol. The Kier molecular flexibility index (Phi) is 7.73. The van der Waals surface area contributed by atoms with E-state index >= 15 is 0 Å². The van der Waals surface area contributed by atoms with Crippen LogP contribution in [0.25, 0.3) is 0 Å². The van der Waals surface area contributed by atoms with Crippen molar-refractivity contribution in [2.75, 3.05) is 13.1 Å². The molecule has 2 heteroatoms. The van der Waals surface area contributed by atoms with Gasteiger partial charge in [0.05, 0.1) is 0 Å². The predicted octanol–water partition coefficient (Wildman–Crippen LogP) is 4.74. The third kappa shape index (κ3) is 5.73. The quantitative estimate of drug-likeness (QED) is 0.636. The van der Waals surface area contributed by atoms with Crippen LogP contribution in [-0.2, 0) is 0 Å². The predicted molar refractivity (Wildman–Crippen MR) is 81.0 cm³/mol. The number of hydrogen-bond acceptors (Lipinski definition) is 1. The number of hydrogen-bond donors (Lipinski definition) is 1. The molecule has 0 saturated carbocycles. The molecule has 2 atom stereocenters. The Labute approximate surface area is 117 Å². The van der Waals surface area contributed by atoms with Crippen LogP contribution in [0.5, 0.6) is 0 Å². The van der Waals surface area contributed by atoms with E-state index in [0.717, 1.165) is 31.5 Å². The molecule has 0 amide bonds. The van der Waals surface area contributed by atoms with E-state index in [-0.39, 0.29) is 11.7 Å². The first kappa shape index (κ1) is 16.2. The van der Waals surface area contributed by atoms with Crippen LogP contribution >= 0.6 is 0 Å². The van der Waals surface area contributed by atoms with Gasteiger partial charge in [-0.1, -0.05) is 51.8 Å². The highest BCUT2D eigenvalue weighted by Crippen LogP contribution is 2.27. The summed E-state index contributed by atoms with van der Waals surface area (Å²) in [5.41, 5.74) is 0.869. The molecule has 0 bridgehead atoms. The molecule has 0 aliphatic carbocycles. The average Bonchev–Trinajstić information content (AvgIpc) is 2.39. The van der Waals surface area contributed by atoms with Gasteiger partial charge in [0.1, 0.15) is 5.82 Å². The van der Waals surface area contributed by atoms with Crippen molar-refractivity contribution in [2.24, 2.45) is 5.92 Å². The van der Waals surface area contributed by atoms with Crippen LogP contribution < -0.4 is 5.32 Å². The number of rotatable bonds is 9. The zero-order valence-corrected chi connectivity index (χ0v) is 12.6. The molecule has 108 valence electrons. The largest absolute Gasteiger partial charge is 0.316 e. The third-order valence-electron chi connectivity index (χ3n) is 3.63. The van der Waals surface area contributed by atoms with Gasteiger partial charge in [0.2, 0.25) is 0 Å². The SMILES string of the molecule is CCCNCC(CC(C)CCC)c1ccccc1F. The Morgan fingerprint density at radius 3 is 2.53 bits per heavy atom. The summed E-state index contributed by atoms with van der Waals surface area (Å²) in [5, 5.41) is 3.44. The van der Waals surface area contributed by atoms with E-state index in [9.17, 15) is 4.39 Å². The molecule has 0 aliphatic rings. The molecule has 0 aromatic heterocycles. The molecule has 0 fully saturated rings. The van der Waals surface area contributed by atoms with Crippen molar-refractivity contribution >= 4 is 0 Å². The van der Waals surface area contributed by atoms with Crippen LogP contribution in [0.3, 0.4) is 0 Å². The minimum atomic E-state index is -0.0607. The van der Waals surface area contributed by atoms with Crippen LogP contribution in [-0.4, -0.2) is 13.1 Å². The van der Waals surface area contributed by atoms with Crippen molar-refractivity contribution in [1.29, 1.82) is 0 Å². The summed E-state index contributed by atoms with van der Waals surface area (Å²) in [4.78, 5) is 0. The third-order valence-corrected chi connectivity index (χ3v) is 3.63. The van der Waals surface area contributed by atoms with E-state index in [2.05, 4.69) is 26.1 Å². The molecule has 0 radical (unpaired) electrons. The maximum Gasteiger partial charge on any atom is 0.126 e. The van der Waals surface area contributed by atoms with Gasteiger partial charge in [-0.15, -0.1) is 0 Å². The van der Waals surface area contributed by atoms with Gasteiger partial charge >= 0.3 is 0 Å². The lowest BCUT2D eigenvalue weighted by molar-refractivity contribution is 0.411. The molecular formula is C17H28FN. The topological polar surface area (TPSA) is 12.0 Å². The summed E-state index contributed by atoms with van der Waals surface area (Å²) in [7, 11) is 0. The molecule has 1 rings (SSSR count). The molecule has 19 heavy (non-hydrogen) atoms. The zero-order valence-electron chi connectivity index (χ0n) is 12.6. The fraction of sp³-hybridized carbons (Fsp3) is 0.647. The van der Waals surface area contributed by atoms with Gasteiger partial charge in [0, 0.05) is 6.54 Å². The van der Waals surface area contributed by atoms with Gasteiger partial charge in [0.25, 0.3) is 0 Å². The highest BCUT2D eigenvalue weighted by atomic mass is 19.1. The molecule has 0 heterocycles. The van der Waals surface area contributed by atoms with Gasteiger partial charge in [-0.2, -0.15) is 0 Å². The van der Waals surface area contributed by atoms with E-state index in [4.69, 9.17) is 0 Å². The molecule has 2 unspecified atom stereocenters. The van der Waals surface area contributed by atoms with E-state index in [1.807, 2.05) is 12.1 Å². The second kappa shape index (κ2) is 9.08. The van der Waals surface area contributed by atoms with Crippen molar-refractivity contribution in [3.05, 3.63) is 35.6 Å². The van der Waals surface area contributed by atoms with Crippen LogP contribution in [0, 0.1) is 11.7 Å². The molecule has 1 aromatic carbocycles. The molecule has 1 aromatic rings. The summed E-state index contributed by atoms with van der Waals surface area (Å²) in [5.74, 6) is 0.877. The second-order valence-corrected chi connectivity index (χ2v) is 5.55. The average molecular weight is 265 g/mol. The summed E-state index contributed by atoms with van der Waals surface area (Å²) >= 11 is 0. The maximum atomic E-state index is 14.0. The van der Waals surface area contributed by atoms with Crippen molar-refractivity contribution in [3.8, 4) is 0 Å². The van der Waals surface area contributed by atoms with E-state index in [1.54, 1.807) is 12.1 Å². The highest BCUT2D eigenvalue weighted by Gasteiger charge is 2.17. The van der Waals surface area contributed by atoms with E-state index < -0.39 is 0 Å². The van der Waals surface area contributed by atoms with Gasteiger partial charge in [0.15, 0.2) is 0 Å².